The Morgan fingerprint density at radius 2 is 2.06 bits per heavy atom. The number of nitrogens with zero attached hydrogens (tertiary/aromatic N) is 1. The molecule has 4 nitrogen and oxygen atoms in total. The summed E-state index contributed by atoms with van der Waals surface area (Å²) in [6.45, 7) is 7.08. The van der Waals surface area contributed by atoms with E-state index in [-0.39, 0.29) is 18.0 Å². The van der Waals surface area contributed by atoms with E-state index in [1.165, 1.54) is 0 Å². The first-order valence-corrected chi connectivity index (χ1v) is 6.65. The van der Waals surface area contributed by atoms with E-state index in [0.717, 1.165) is 25.7 Å². The zero-order valence-corrected chi connectivity index (χ0v) is 11.2. The minimum atomic E-state index is -0.206. The number of urea groups is 1. The molecule has 1 atom stereocenters. The van der Waals surface area contributed by atoms with E-state index < -0.39 is 0 Å². The molecule has 0 aliphatic carbocycles. The third-order valence-electron chi connectivity index (χ3n) is 3.16. The van der Waals surface area contributed by atoms with E-state index in [0.29, 0.717) is 18.9 Å². The molecule has 0 spiro atoms. The monoisotopic (exact) mass is 240 g/mol. The van der Waals surface area contributed by atoms with Gasteiger partial charge >= 0.3 is 6.03 Å². The van der Waals surface area contributed by atoms with E-state index in [1.54, 1.807) is 0 Å². The highest BCUT2D eigenvalue weighted by Crippen LogP contribution is 2.19. The van der Waals surface area contributed by atoms with Crippen molar-refractivity contribution < 1.29 is 9.59 Å². The summed E-state index contributed by atoms with van der Waals surface area (Å²) >= 11 is 0. The number of carbonyl (C=O) groups is 2. The van der Waals surface area contributed by atoms with Crippen LogP contribution in [0.1, 0.15) is 52.9 Å². The van der Waals surface area contributed by atoms with Crippen LogP contribution in [-0.2, 0) is 4.79 Å². The van der Waals surface area contributed by atoms with Crippen molar-refractivity contribution in [3.63, 3.8) is 0 Å². The SMILES string of the molecule is CCCCC(CC(C)C)N1CCC(=O)NC1=O. The summed E-state index contributed by atoms with van der Waals surface area (Å²) in [4.78, 5) is 24.7. The summed E-state index contributed by atoms with van der Waals surface area (Å²) in [7, 11) is 0. The lowest BCUT2D eigenvalue weighted by molar-refractivity contribution is -0.121. The minimum absolute atomic E-state index is 0.148. The molecule has 1 N–H and O–H groups in total. The van der Waals surface area contributed by atoms with Crippen molar-refractivity contribution in [2.45, 2.75) is 58.9 Å². The quantitative estimate of drug-likeness (QED) is 0.775. The first-order chi connectivity index (χ1) is 8.04. The summed E-state index contributed by atoms with van der Waals surface area (Å²) in [5.74, 6) is 0.423. The van der Waals surface area contributed by atoms with Crippen molar-refractivity contribution in [1.82, 2.24) is 10.2 Å². The van der Waals surface area contributed by atoms with Crippen molar-refractivity contribution in [2.75, 3.05) is 6.54 Å². The summed E-state index contributed by atoms with van der Waals surface area (Å²) in [5, 5.41) is 2.41. The van der Waals surface area contributed by atoms with Gasteiger partial charge in [0.2, 0.25) is 5.91 Å². The lowest BCUT2D eigenvalue weighted by atomic mass is 9.97. The molecule has 0 saturated carbocycles. The van der Waals surface area contributed by atoms with Gasteiger partial charge in [-0.25, -0.2) is 4.79 Å². The molecule has 1 saturated heterocycles. The van der Waals surface area contributed by atoms with Crippen molar-refractivity contribution >= 4 is 11.9 Å². The van der Waals surface area contributed by atoms with Gasteiger partial charge in [0, 0.05) is 19.0 Å². The zero-order chi connectivity index (χ0) is 12.8. The van der Waals surface area contributed by atoms with Crippen molar-refractivity contribution in [2.24, 2.45) is 5.92 Å². The molecule has 0 aromatic carbocycles. The van der Waals surface area contributed by atoms with Gasteiger partial charge in [0.25, 0.3) is 0 Å². The van der Waals surface area contributed by atoms with Crippen LogP contribution in [0.5, 0.6) is 0 Å². The molecule has 0 radical (unpaired) electrons. The topological polar surface area (TPSA) is 49.4 Å². The van der Waals surface area contributed by atoms with Crippen LogP contribution in [0.2, 0.25) is 0 Å². The van der Waals surface area contributed by atoms with Gasteiger partial charge in [0.05, 0.1) is 0 Å². The Hall–Kier alpha value is -1.06. The Morgan fingerprint density at radius 1 is 1.35 bits per heavy atom. The normalized spacial score (nSPS) is 18.5. The molecule has 0 aromatic heterocycles. The van der Waals surface area contributed by atoms with E-state index in [9.17, 15) is 9.59 Å². The van der Waals surface area contributed by atoms with Crippen molar-refractivity contribution in [3.8, 4) is 0 Å². The van der Waals surface area contributed by atoms with E-state index in [1.807, 2.05) is 4.90 Å². The van der Waals surface area contributed by atoms with Gasteiger partial charge < -0.3 is 4.90 Å². The number of carbonyl (C=O) groups excluding carboxylic acids is 2. The number of amides is 3. The Labute approximate surface area is 104 Å². The highest BCUT2D eigenvalue weighted by molar-refractivity contribution is 5.96. The number of unbranched alkanes of at least 4 members (excludes halogenated alkanes) is 1. The third kappa shape index (κ3) is 4.36. The fourth-order valence-corrected chi connectivity index (χ4v) is 2.31. The maximum atomic E-state index is 11.8. The number of hydrogen-bond acceptors (Lipinski definition) is 2. The predicted molar refractivity (Wildman–Crippen MR) is 67.6 cm³/mol. The summed E-state index contributed by atoms with van der Waals surface area (Å²) in [6, 6.07) is 0.0750. The summed E-state index contributed by atoms with van der Waals surface area (Å²) < 4.78 is 0. The van der Waals surface area contributed by atoms with Crippen LogP contribution in [0.3, 0.4) is 0 Å². The zero-order valence-electron chi connectivity index (χ0n) is 11.2. The number of imide groups is 1. The molecule has 0 aromatic rings. The highest BCUT2D eigenvalue weighted by atomic mass is 16.2. The number of hydrogen-bond donors (Lipinski definition) is 1. The number of rotatable bonds is 6. The summed E-state index contributed by atoms with van der Waals surface area (Å²) in [5.41, 5.74) is 0. The van der Waals surface area contributed by atoms with E-state index >= 15 is 0 Å². The maximum absolute atomic E-state index is 11.8. The van der Waals surface area contributed by atoms with Crippen molar-refractivity contribution in [1.29, 1.82) is 0 Å². The van der Waals surface area contributed by atoms with Gasteiger partial charge in [-0.05, 0) is 18.8 Å². The Morgan fingerprint density at radius 3 is 2.59 bits per heavy atom. The average Bonchev–Trinajstić information content (AvgIpc) is 2.24. The third-order valence-corrected chi connectivity index (χ3v) is 3.16. The smallest absolute Gasteiger partial charge is 0.321 e. The number of nitrogens with one attached hydrogen (secondary N) is 1. The molecule has 1 fully saturated rings. The van der Waals surface area contributed by atoms with Gasteiger partial charge in [0.1, 0.15) is 0 Å². The van der Waals surface area contributed by atoms with Crippen LogP contribution in [0, 0.1) is 5.92 Å². The Bertz CT molecular complexity index is 277. The molecule has 3 amide bonds. The molecule has 17 heavy (non-hydrogen) atoms. The Balaban J connectivity index is 2.61. The Kier molecular flexibility index (Phi) is 5.45. The molecule has 1 unspecified atom stereocenters. The standard InChI is InChI=1S/C13H24N2O2/c1-4-5-6-11(9-10(2)3)15-8-7-12(16)14-13(15)17/h10-11H,4-9H2,1-3H3,(H,14,16,17). The van der Waals surface area contributed by atoms with Crippen LogP contribution >= 0.6 is 0 Å². The van der Waals surface area contributed by atoms with E-state index in [4.69, 9.17) is 0 Å². The molecule has 1 aliphatic heterocycles. The largest absolute Gasteiger partial charge is 0.324 e. The minimum Gasteiger partial charge on any atom is -0.321 e. The first-order valence-electron chi connectivity index (χ1n) is 6.65. The second-order valence-electron chi connectivity index (χ2n) is 5.22. The fraction of sp³-hybridized carbons (Fsp3) is 0.846. The molecule has 1 heterocycles. The van der Waals surface area contributed by atoms with Crippen LogP contribution in [0.4, 0.5) is 4.79 Å². The molecule has 0 bridgehead atoms. The molecule has 98 valence electrons. The van der Waals surface area contributed by atoms with Gasteiger partial charge in [-0.3, -0.25) is 10.1 Å². The lowest BCUT2D eigenvalue weighted by Crippen LogP contribution is -2.53. The lowest BCUT2D eigenvalue weighted by Gasteiger charge is -2.35. The first kappa shape index (κ1) is 14.0. The van der Waals surface area contributed by atoms with E-state index in [2.05, 4.69) is 26.1 Å². The van der Waals surface area contributed by atoms with Crippen LogP contribution in [-0.4, -0.2) is 29.4 Å². The van der Waals surface area contributed by atoms with Crippen molar-refractivity contribution in [3.05, 3.63) is 0 Å². The predicted octanol–water partition coefficient (Wildman–Crippen LogP) is 2.53. The van der Waals surface area contributed by atoms with Crippen LogP contribution in [0.25, 0.3) is 0 Å². The second kappa shape index (κ2) is 6.62. The summed E-state index contributed by atoms with van der Waals surface area (Å²) in [6.07, 6.45) is 4.77. The molecular weight excluding hydrogens is 216 g/mol. The second-order valence-corrected chi connectivity index (χ2v) is 5.22. The average molecular weight is 240 g/mol. The van der Waals surface area contributed by atoms with Gasteiger partial charge in [0.15, 0.2) is 0 Å². The van der Waals surface area contributed by atoms with Gasteiger partial charge in [-0.15, -0.1) is 0 Å². The van der Waals surface area contributed by atoms with Gasteiger partial charge in [-0.2, -0.15) is 0 Å². The maximum Gasteiger partial charge on any atom is 0.324 e. The van der Waals surface area contributed by atoms with Crippen LogP contribution in [0.15, 0.2) is 0 Å². The molecular formula is C13H24N2O2. The molecule has 1 aliphatic rings. The van der Waals surface area contributed by atoms with Crippen LogP contribution < -0.4 is 5.32 Å². The molecule has 1 rings (SSSR count). The molecule has 4 heteroatoms. The highest BCUT2D eigenvalue weighted by Gasteiger charge is 2.29. The van der Waals surface area contributed by atoms with Gasteiger partial charge in [-0.1, -0.05) is 33.6 Å². The fourth-order valence-electron chi connectivity index (χ4n) is 2.31.